The average Bonchev–Trinajstić information content (AvgIpc) is 2.64. The van der Waals surface area contributed by atoms with Gasteiger partial charge in [-0.25, -0.2) is 4.79 Å². The number of fused-ring (bicyclic) bond motifs is 1. The number of benzene rings is 1. The van der Waals surface area contributed by atoms with Gasteiger partial charge in [0.25, 0.3) is 0 Å². The van der Waals surface area contributed by atoms with Crippen LogP contribution in [0, 0.1) is 6.92 Å². The van der Waals surface area contributed by atoms with Crippen LogP contribution in [-0.4, -0.2) is 60.2 Å². The van der Waals surface area contributed by atoms with E-state index >= 15 is 0 Å². The van der Waals surface area contributed by atoms with E-state index in [1.165, 1.54) is 6.07 Å². The maximum atomic E-state index is 12.0. The van der Waals surface area contributed by atoms with Crippen LogP contribution in [0.5, 0.6) is 5.75 Å². The van der Waals surface area contributed by atoms with E-state index in [0.29, 0.717) is 29.7 Å². The van der Waals surface area contributed by atoms with Crippen LogP contribution in [0.2, 0.25) is 0 Å². The van der Waals surface area contributed by atoms with Crippen LogP contribution in [0.25, 0.3) is 11.0 Å². The Hall–Kier alpha value is -2.38. The highest BCUT2D eigenvalue weighted by Gasteiger charge is 2.22. The van der Waals surface area contributed by atoms with Gasteiger partial charge >= 0.3 is 11.6 Å². The molecule has 29 heavy (non-hydrogen) atoms. The van der Waals surface area contributed by atoms with E-state index in [4.69, 9.17) is 9.15 Å². The molecule has 0 aliphatic carbocycles. The number of ether oxygens (including phenoxy) is 1. The van der Waals surface area contributed by atoms with Crippen molar-refractivity contribution in [2.45, 2.75) is 46.3 Å². The molecule has 2 heterocycles. The summed E-state index contributed by atoms with van der Waals surface area (Å²) in [6.45, 7) is 9.61. The Morgan fingerprint density at radius 1 is 1.24 bits per heavy atom. The number of hydrogen-bond donors (Lipinski definition) is 1. The van der Waals surface area contributed by atoms with Gasteiger partial charge in [-0.05, 0) is 51.4 Å². The molecule has 0 unspecified atom stereocenters. The van der Waals surface area contributed by atoms with Gasteiger partial charge in [-0.2, -0.15) is 0 Å². The van der Waals surface area contributed by atoms with Crippen molar-refractivity contribution in [2.24, 2.45) is 0 Å². The molecule has 7 heteroatoms. The number of esters is 1. The molecular formula is C22H30N2O5. The Bertz CT molecular complexity index is 942. The fourth-order valence-corrected chi connectivity index (χ4v) is 3.69. The number of piperazine rings is 1. The first-order valence-electron chi connectivity index (χ1n) is 10.1. The summed E-state index contributed by atoms with van der Waals surface area (Å²) in [6, 6.07) is 3.27. The number of nitrogens with zero attached hydrogens (tertiary/aromatic N) is 2. The fourth-order valence-electron chi connectivity index (χ4n) is 3.69. The van der Waals surface area contributed by atoms with Gasteiger partial charge in [-0.1, -0.05) is 0 Å². The van der Waals surface area contributed by atoms with Gasteiger partial charge in [0, 0.05) is 50.6 Å². The van der Waals surface area contributed by atoms with E-state index in [0.717, 1.165) is 37.1 Å². The standard InChI is InChI=1S/C22H30N2O5/c1-14(2)28-19(25)6-5-16-12-17-15(3)11-20(26)29-22(17)18(21(16)27)13-24-9-7-23(4)8-10-24/h11-12,14,27H,5-10,13H2,1-4H3. The second-order valence-electron chi connectivity index (χ2n) is 8.11. The molecule has 7 nitrogen and oxygen atoms in total. The number of carbonyl (C=O) groups excluding carboxylic acids is 1. The first kappa shape index (κ1) is 21.3. The summed E-state index contributed by atoms with van der Waals surface area (Å²) < 4.78 is 10.7. The van der Waals surface area contributed by atoms with E-state index in [-0.39, 0.29) is 24.2 Å². The fraction of sp³-hybridized carbons (Fsp3) is 0.545. The van der Waals surface area contributed by atoms with E-state index < -0.39 is 5.63 Å². The summed E-state index contributed by atoms with van der Waals surface area (Å²) in [5.74, 6) is -0.195. The van der Waals surface area contributed by atoms with E-state index in [2.05, 4.69) is 16.8 Å². The van der Waals surface area contributed by atoms with E-state index in [1.807, 2.05) is 26.8 Å². The molecule has 0 bridgehead atoms. The topological polar surface area (TPSA) is 83.2 Å². The van der Waals surface area contributed by atoms with Crippen molar-refractivity contribution in [3.05, 3.63) is 39.2 Å². The minimum absolute atomic E-state index is 0.0996. The number of rotatable bonds is 6. The molecule has 1 aromatic carbocycles. The monoisotopic (exact) mass is 402 g/mol. The normalized spacial score (nSPS) is 15.9. The third-order valence-corrected chi connectivity index (χ3v) is 5.33. The number of phenolic OH excluding ortho intramolecular Hbond substituents is 1. The molecule has 0 radical (unpaired) electrons. The van der Waals surface area contributed by atoms with E-state index in [1.54, 1.807) is 0 Å². The second-order valence-corrected chi connectivity index (χ2v) is 8.11. The van der Waals surface area contributed by atoms with Crippen molar-refractivity contribution in [2.75, 3.05) is 33.2 Å². The van der Waals surface area contributed by atoms with Crippen LogP contribution in [0.1, 0.15) is 37.0 Å². The molecule has 0 saturated carbocycles. The number of phenols is 1. The molecule has 0 spiro atoms. The molecule has 3 rings (SSSR count). The Balaban J connectivity index is 1.96. The van der Waals surface area contributed by atoms with Crippen molar-refractivity contribution in [1.29, 1.82) is 0 Å². The van der Waals surface area contributed by atoms with Crippen molar-refractivity contribution >= 4 is 16.9 Å². The van der Waals surface area contributed by atoms with Gasteiger partial charge < -0.3 is 19.2 Å². The predicted molar refractivity (Wildman–Crippen MR) is 111 cm³/mol. The lowest BCUT2D eigenvalue weighted by Crippen LogP contribution is -2.43. The molecule has 1 aromatic heterocycles. The average molecular weight is 402 g/mol. The lowest BCUT2D eigenvalue weighted by molar-refractivity contribution is -0.147. The zero-order valence-corrected chi connectivity index (χ0v) is 17.7. The Morgan fingerprint density at radius 2 is 1.93 bits per heavy atom. The molecule has 158 valence electrons. The molecule has 0 atom stereocenters. The quantitative estimate of drug-likeness (QED) is 0.587. The number of aromatic hydroxyl groups is 1. The third-order valence-electron chi connectivity index (χ3n) is 5.33. The number of aryl methyl sites for hydroxylation is 2. The van der Waals surface area contributed by atoms with Gasteiger partial charge in [0.2, 0.25) is 0 Å². The number of hydrogen-bond acceptors (Lipinski definition) is 7. The van der Waals surface area contributed by atoms with Crippen LogP contribution >= 0.6 is 0 Å². The zero-order valence-electron chi connectivity index (χ0n) is 17.7. The molecule has 1 aliphatic rings. The zero-order chi connectivity index (χ0) is 21.1. The van der Waals surface area contributed by atoms with E-state index in [9.17, 15) is 14.7 Å². The highest BCUT2D eigenvalue weighted by molar-refractivity contribution is 5.86. The summed E-state index contributed by atoms with van der Waals surface area (Å²) in [4.78, 5) is 28.4. The molecule has 1 N–H and O–H groups in total. The number of carbonyl (C=O) groups is 1. The Kier molecular flexibility index (Phi) is 6.59. The van der Waals surface area contributed by atoms with Crippen molar-refractivity contribution in [3.63, 3.8) is 0 Å². The van der Waals surface area contributed by atoms with Crippen LogP contribution < -0.4 is 5.63 Å². The van der Waals surface area contributed by atoms with Gasteiger partial charge in [-0.15, -0.1) is 0 Å². The minimum atomic E-state index is -0.428. The molecule has 2 aromatic rings. The smallest absolute Gasteiger partial charge is 0.336 e. The lowest BCUT2D eigenvalue weighted by atomic mass is 9.98. The Morgan fingerprint density at radius 3 is 2.59 bits per heavy atom. The SMILES string of the molecule is Cc1cc(=O)oc2c(CN3CCN(C)CC3)c(O)c(CCC(=O)OC(C)C)cc12. The van der Waals surface area contributed by atoms with Crippen LogP contribution in [-0.2, 0) is 22.5 Å². The minimum Gasteiger partial charge on any atom is -0.507 e. The maximum absolute atomic E-state index is 12.0. The highest BCUT2D eigenvalue weighted by atomic mass is 16.5. The molecule has 1 fully saturated rings. The number of likely N-dealkylation sites (N-methyl/N-ethyl adjacent to an activating group) is 1. The predicted octanol–water partition coefficient (Wildman–Crippen LogP) is 2.44. The van der Waals surface area contributed by atoms with Gasteiger partial charge in [-0.3, -0.25) is 9.69 Å². The van der Waals surface area contributed by atoms with Crippen LogP contribution in [0.4, 0.5) is 0 Å². The maximum Gasteiger partial charge on any atom is 0.336 e. The van der Waals surface area contributed by atoms with Gasteiger partial charge in [0.1, 0.15) is 11.3 Å². The van der Waals surface area contributed by atoms with Gasteiger partial charge in [0.15, 0.2) is 0 Å². The largest absolute Gasteiger partial charge is 0.507 e. The summed E-state index contributed by atoms with van der Waals surface area (Å²) in [5, 5.41) is 11.8. The molecule has 1 saturated heterocycles. The highest BCUT2D eigenvalue weighted by Crippen LogP contribution is 2.34. The van der Waals surface area contributed by atoms with Crippen LogP contribution in [0.3, 0.4) is 0 Å². The molecular weight excluding hydrogens is 372 g/mol. The third kappa shape index (κ3) is 5.16. The summed E-state index contributed by atoms with van der Waals surface area (Å²) in [5.41, 5.74) is 2.07. The van der Waals surface area contributed by atoms with Crippen molar-refractivity contribution in [1.82, 2.24) is 9.80 Å². The summed E-state index contributed by atoms with van der Waals surface area (Å²) in [6.07, 6.45) is 0.375. The van der Waals surface area contributed by atoms with Gasteiger partial charge in [0.05, 0.1) is 11.7 Å². The first-order chi connectivity index (χ1) is 13.7. The Labute approximate surface area is 170 Å². The lowest BCUT2D eigenvalue weighted by Gasteiger charge is -2.32. The first-order valence-corrected chi connectivity index (χ1v) is 10.1. The molecule has 1 aliphatic heterocycles. The summed E-state index contributed by atoms with van der Waals surface area (Å²) in [7, 11) is 2.09. The second kappa shape index (κ2) is 8.97. The molecule has 0 amide bonds. The summed E-state index contributed by atoms with van der Waals surface area (Å²) >= 11 is 0. The van der Waals surface area contributed by atoms with Crippen molar-refractivity contribution < 1.29 is 19.1 Å². The van der Waals surface area contributed by atoms with Crippen molar-refractivity contribution in [3.8, 4) is 5.75 Å². The van der Waals surface area contributed by atoms with Crippen LogP contribution in [0.15, 0.2) is 21.3 Å².